The molecule has 2 rings (SSSR count). The van der Waals surface area contributed by atoms with Crippen molar-refractivity contribution >= 4 is 11.6 Å². The predicted octanol–water partition coefficient (Wildman–Crippen LogP) is 3.84. The van der Waals surface area contributed by atoms with E-state index in [0.717, 1.165) is 36.4 Å². The molecule has 21 heavy (non-hydrogen) atoms. The third-order valence-electron chi connectivity index (χ3n) is 3.77. The maximum atomic E-state index is 5.86. The van der Waals surface area contributed by atoms with Crippen molar-refractivity contribution in [1.29, 1.82) is 0 Å². The molecule has 1 aliphatic rings. The molecule has 0 atom stereocenters. The Morgan fingerprint density at radius 3 is 2.76 bits per heavy atom. The van der Waals surface area contributed by atoms with Gasteiger partial charge in [-0.15, -0.1) is 11.6 Å². The van der Waals surface area contributed by atoms with Gasteiger partial charge in [0, 0.05) is 24.4 Å². The highest BCUT2D eigenvalue weighted by atomic mass is 35.5. The Hall–Kier alpha value is -1.17. The maximum Gasteiger partial charge on any atom is 0.119 e. The molecule has 0 aliphatic carbocycles. The molecule has 2 nitrogen and oxygen atoms in total. The van der Waals surface area contributed by atoms with Crippen molar-refractivity contribution in [2.45, 2.75) is 32.6 Å². The monoisotopic (exact) mass is 305 g/mol. The van der Waals surface area contributed by atoms with Crippen LogP contribution in [0.25, 0.3) is 0 Å². The largest absolute Gasteiger partial charge is 0.492 e. The Morgan fingerprint density at radius 1 is 1.24 bits per heavy atom. The van der Waals surface area contributed by atoms with Crippen LogP contribution < -0.4 is 4.74 Å². The van der Waals surface area contributed by atoms with Gasteiger partial charge in [0.05, 0.1) is 0 Å². The fourth-order valence-electron chi connectivity index (χ4n) is 2.55. The summed E-state index contributed by atoms with van der Waals surface area (Å²) in [5.41, 5.74) is 2.22. The van der Waals surface area contributed by atoms with E-state index < -0.39 is 0 Å². The van der Waals surface area contributed by atoms with E-state index in [1.807, 2.05) is 12.1 Å². The van der Waals surface area contributed by atoms with Crippen LogP contribution in [0.3, 0.4) is 0 Å². The molecule has 1 saturated heterocycles. The number of benzene rings is 1. The molecule has 1 heterocycles. The number of hydrogen-bond acceptors (Lipinski definition) is 2. The van der Waals surface area contributed by atoms with Crippen LogP contribution in [-0.4, -0.2) is 37.0 Å². The lowest BCUT2D eigenvalue weighted by atomic mass is 10.1. The summed E-state index contributed by atoms with van der Waals surface area (Å²) in [6.45, 7) is 6.30. The van der Waals surface area contributed by atoms with E-state index in [-0.39, 0.29) is 0 Å². The van der Waals surface area contributed by atoms with E-state index in [1.54, 1.807) is 0 Å². The van der Waals surface area contributed by atoms with Crippen LogP contribution in [-0.2, 0) is 0 Å². The van der Waals surface area contributed by atoms with Crippen molar-refractivity contribution < 1.29 is 4.74 Å². The van der Waals surface area contributed by atoms with Crippen LogP contribution in [0.2, 0.25) is 0 Å². The Bertz CT molecular complexity index is 498. The summed E-state index contributed by atoms with van der Waals surface area (Å²) in [7, 11) is 0. The number of ether oxygens (including phenoxy) is 1. The third-order valence-corrected chi connectivity index (χ3v) is 3.95. The Labute approximate surface area is 133 Å². The average Bonchev–Trinajstić information content (AvgIpc) is 2.51. The van der Waals surface area contributed by atoms with Crippen molar-refractivity contribution in [1.82, 2.24) is 4.90 Å². The van der Waals surface area contributed by atoms with Crippen LogP contribution in [0.15, 0.2) is 18.2 Å². The summed E-state index contributed by atoms with van der Waals surface area (Å²) in [5, 5.41) is 0. The van der Waals surface area contributed by atoms with E-state index in [9.17, 15) is 0 Å². The molecule has 0 amide bonds. The second-order valence-electron chi connectivity index (χ2n) is 5.47. The van der Waals surface area contributed by atoms with Gasteiger partial charge < -0.3 is 4.74 Å². The van der Waals surface area contributed by atoms with Crippen LogP contribution in [0.5, 0.6) is 5.75 Å². The highest BCUT2D eigenvalue weighted by molar-refractivity contribution is 6.18. The minimum Gasteiger partial charge on any atom is -0.492 e. The fourth-order valence-corrected chi connectivity index (χ4v) is 2.64. The minimum absolute atomic E-state index is 0.587. The second-order valence-corrected chi connectivity index (χ2v) is 5.85. The van der Waals surface area contributed by atoms with Gasteiger partial charge >= 0.3 is 0 Å². The molecule has 0 bridgehead atoms. The molecule has 0 unspecified atom stereocenters. The first-order valence-electron chi connectivity index (χ1n) is 7.80. The zero-order valence-electron chi connectivity index (χ0n) is 12.8. The van der Waals surface area contributed by atoms with Gasteiger partial charge in [-0.05, 0) is 56.6 Å². The average molecular weight is 306 g/mol. The lowest BCUT2D eigenvalue weighted by Gasteiger charge is -2.26. The van der Waals surface area contributed by atoms with E-state index in [2.05, 4.69) is 29.7 Å². The highest BCUT2D eigenvalue weighted by Crippen LogP contribution is 2.17. The topological polar surface area (TPSA) is 12.5 Å². The minimum atomic E-state index is 0.587. The van der Waals surface area contributed by atoms with Crippen molar-refractivity contribution in [3.8, 4) is 17.6 Å². The first kappa shape index (κ1) is 16.2. The van der Waals surface area contributed by atoms with E-state index >= 15 is 0 Å². The SMILES string of the molecule is Cc1cc(OCCN2CCCCC2)ccc1C#CCCCl. The molecule has 0 saturated carbocycles. The summed E-state index contributed by atoms with van der Waals surface area (Å²) >= 11 is 5.63. The number of rotatable bonds is 5. The summed E-state index contributed by atoms with van der Waals surface area (Å²) in [6.07, 6.45) is 4.77. The normalized spacial score (nSPS) is 15.3. The van der Waals surface area contributed by atoms with Crippen molar-refractivity contribution in [2.24, 2.45) is 0 Å². The van der Waals surface area contributed by atoms with Gasteiger partial charge in [0.2, 0.25) is 0 Å². The summed E-state index contributed by atoms with van der Waals surface area (Å²) in [6, 6.07) is 6.11. The first-order valence-corrected chi connectivity index (χ1v) is 8.33. The third kappa shape index (κ3) is 5.61. The van der Waals surface area contributed by atoms with Gasteiger partial charge in [-0.2, -0.15) is 0 Å². The smallest absolute Gasteiger partial charge is 0.119 e. The Kier molecular flexibility index (Phi) is 6.92. The fraction of sp³-hybridized carbons (Fsp3) is 0.556. The number of hydrogen-bond donors (Lipinski definition) is 0. The van der Waals surface area contributed by atoms with Gasteiger partial charge in [0.25, 0.3) is 0 Å². The molecule has 1 aromatic rings. The zero-order chi connectivity index (χ0) is 14.9. The first-order chi connectivity index (χ1) is 10.3. The lowest BCUT2D eigenvalue weighted by Crippen LogP contribution is -2.33. The molecule has 0 N–H and O–H groups in total. The van der Waals surface area contributed by atoms with Gasteiger partial charge in [-0.25, -0.2) is 0 Å². The van der Waals surface area contributed by atoms with E-state index in [0.29, 0.717) is 5.88 Å². The molecular weight excluding hydrogens is 282 g/mol. The quantitative estimate of drug-likeness (QED) is 0.605. The summed E-state index contributed by atoms with van der Waals surface area (Å²) in [4.78, 5) is 2.49. The van der Waals surface area contributed by atoms with Crippen molar-refractivity contribution in [3.63, 3.8) is 0 Å². The van der Waals surface area contributed by atoms with Crippen LogP contribution in [0.1, 0.15) is 36.8 Å². The second kappa shape index (κ2) is 8.97. The van der Waals surface area contributed by atoms with Crippen LogP contribution >= 0.6 is 11.6 Å². The zero-order valence-corrected chi connectivity index (χ0v) is 13.6. The number of nitrogens with zero attached hydrogens (tertiary/aromatic N) is 1. The van der Waals surface area contributed by atoms with Crippen LogP contribution in [0, 0.1) is 18.8 Å². The van der Waals surface area contributed by atoms with E-state index in [1.165, 1.54) is 32.4 Å². The predicted molar refractivity (Wildman–Crippen MR) is 89.2 cm³/mol. The molecule has 0 radical (unpaired) electrons. The van der Waals surface area contributed by atoms with Gasteiger partial charge in [0.15, 0.2) is 0 Å². The number of halogens is 1. The maximum absolute atomic E-state index is 5.86. The number of likely N-dealkylation sites (tertiary alicyclic amines) is 1. The highest BCUT2D eigenvalue weighted by Gasteiger charge is 2.09. The van der Waals surface area contributed by atoms with Crippen molar-refractivity contribution in [2.75, 3.05) is 32.1 Å². The molecule has 1 aliphatic heterocycles. The van der Waals surface area contributed by atoms with Gasteiger partial charge in [-0.1, -0.05) is 18.3 Å². The van der Waals surface area contributed by atoms with Gasteiger partial charge in [0.1, 0.15) is 12.4 Å². The molecule has 114 valence electrons. The Morgan fingerprint density at radius 2 is 2.05 bits per heavy atom. The summed E-state index contributed by atoms with van der Waals surface area (Å²) < 4.78 is 5.86. The molecule has 1 aromatic carbocycles. The van der Waals surface area contributed by atoms with Crippen molar-refractivity contribution in [3.05, 3.63) is 29.3 Å². The molecule has 1 fully saturated rings. The number of piperidine rings is 1. The molecule has 0 aromatic heterocycles. The Balaban J connectivity index is 1.81. The number of aryl methyl sites for hydroxylation is 1. The summed E-state index contributed by atoms with van der Waals surface area (Å²) in [5.74, 6) is 7.74. The molecule has 3 heteroatoms. The lowest BCUT2D eigenvalue weighted by molar-refractivity contribution is 0.183. The van der Waals surface area contributed by atoms with Crippen LogP contribution in [0.4, 0.5) is 0 Å². The van der Waals surface area contributed by atoms with E-state index in [4.69, 9.17) is 16.3 Å². The molecule has 0 spiro atoms. The standard InChI is InChI=1S/C18H24ClNO/c1-16-15-18(9-8-17(16)7-3-4-10-19)21-14-13-20-11-5-2-6-12-20/h8-9,15H,2,4-6,10-14H2,1H3. The number of alkyl halides is 1. The van der Waals surface area contributed by atoms with Gasteiger partial charge in [-0.3, -0.25) is 4.90 Å². The molecular formula is C18H24ClNO.